The van der Waals surface area contributed by atoms with Crippen LogP contribution in [-0.4, -0.2) is 29.2 Å². The van der Waals surface area contributed by atoms with Gasteiger partial charge in [0.05, 0.1) is 12.5 Å². The predicted octanol–water partition coefficient (Wildman–Crippen LogP) is 2.56. The lowest BCUT2D eigenvalue weighted by Gasteiger charge is -2.40. The van der Waals surface area contributed by atoms with Gasteiger partial charge in [-0.15, -0.1) is 0 Å². The molecule has 0 bridgehead atoms. The molecule has 1 saturated carbocycles. The van der Waals surface area contributed by atoms with Crippen molar-refractivity contribution in [1.29, 1.82) is 0 Å². The second-order valence-electron chi connectivity index (χ2n) is 4.91. The van der Waals surface area contributed by atoms with Crippen molar-refractivity contribution in [3.63, 3.8) is 0 Å². The van der Waals surface area contributed by atoms with E-state index in [2.05, 4.69) is 29.5 Å². The Balaban J connectivity index is 2.25. The smallest absolute Gasteiger partial charge is 0.312 e. The molecule has 1 saturated heterocycles. The van der Waals surface area contributed by atoms with Crippen LogP contribution in [0.3, 0.4) is 0 Å². The molecule has 1 aliphatic carbocycles. The minimum absolute atomic E-state index is 0.0393. The normalized spacial score (nSPS) is 40.3. The molecular formula is C12H19IO3. The Kier molecular flexibility index (Phi) is 3.79. The molecule has 0 spiro atoms. The molecule has 0 N–H and O–H groups in total. The van der Waals surface area contributed by atoms with E-state index in [1.807, 2.05) is 0 Å². The summed E-state index contributed by atoms with van der Waals surface area (Å²) in [4.78, 5) is 11.9. The van der Waals surface area contributed by atoms with Crippen LogP contribution in [0, 0.1) is 11.8 Å². The van der Waals surface area contributed by atoms with Crippen molar-refractivity contribution in [2.75, 3.05) is 13.7 Å². The molecule has 0 radical (unpaired) electrons. The van der Waals surface area contributed by atoms with Crippen molar-refractivity contribution in [2.24, 2.45) is 11.8 Å². The van der Waals surface area contributed by atoms with Crippen LogP contribution in [0.4, 0.5) is 0 Å². The minimum atomic E-state index is -0.209. The molecule has 2 aliphatic rings. The number of carbonyl (C=O) groups excluding carboxylic acids is 1. The Morgan fingerprint density at radius 1 is 1.62 bits per heavy atom. The maximum Gasteiger partial charge on any atom is 0.312 e. The molecule has 0 aromatic rings. The average molecular weight is 338 g/mol. The van der Waals surface area contributed by atoms with Gasteiger partial charge in [-0.1, -0.05) is 29.0 Å². The third-order valence-electron chi connectivity index (χ3n) is 4.06. The largest absolute Gasteiger partial charge is 0.457 e. The van der Waals surface area contributed by atoms with E-state index in [-0.39, 0.29) is 17.5 Å². The summed E-state index contributed by atoms with van der Waals surface area (Å²) in [7, 11) is 1.66. The van der Waals surface area contributed by atoms with E-state index < -0.39 is 0 Å². The van der Waals surface area contributed by atoms with Gasteiger partial charge in [-0.25, -0.2) is 0 Å². The van der Waals surface area contributed by atoms with E-state index in [9.17, 15) is 4.79 Å². The van der Waals surface area contributed by atoms with E-state index in [1.165, 1.54) is 12.8 Å². The minimum Gasteiger partial charge on any atom is -0.457 e. The van der Waals surface area contributed by atoms with Crippen LogP contribution in [-0.2, 0) is 14.3 Å². The number of ether oxygens (including phenoxy) is 2. The number of carbonyl (C=O) groups is 1. The predicted molar refractivity (Wildman–Crippen MR) is 69.6 cm³/mol. The van der Waals surface area contributed by atoms with Crippen LogP contribution in [0.15, 0.2) is 0 Å². The van der Waals surface area contributed by atoms with Gasteiger partial charge >= 0.3 is 5.97 Å². The Morgan fingerprint density at radius 2 is 2.38 bits per heavy atom. The molecule has 4 unspecified atom stereocenters. The summed E-state index contributed by atoms with van der Waals surface area (Å²) in [6.07, 6.45) is 4.52. The van der Waals surface area contributed by atoms with Gasteiger partial charge in [-0.3, -0.25) is 4.79 Å². The number of esters is 1. The van der Waals surface area contributed by atoms with Crippen LogP contribution < -0.4 is 0 Å². The molecule has 1 aliphatic heterocycles. The molecule has 4 atom stereocenters. The Hall–Kier alpha value is 0.160. The molecule has 2 fully saturated rings. The van der Waals surface area contributed by atoms with E-state index in [1.54, 1.807) is 7.11 Å². The van der Waals surface area contributed by atoms with Crippen LogP contribution in [0.2, 0.25) is 0 Å². The molecule has 0 aromatic carbocycles. The van der Waals surface area contributed by atoms with E-state index in [4.69, 9.17) is 9.47 Å². The molecule has 16 heavy (non-hydrogen) atoms. The first-order valence-electron chi connectivity index (χ1n) is 5.97. The molecule has 92 valence electrons. The lowest BCUT2D eigenvalue weighted by atomic mass is 9.70. The van der Waals surface area contributed by atoms with Crippen LogP contribution >= 0.6 is 22.6 Å². The summed E-state index contributed by atoms with van der Waals surface area (Å²) >= 11 is 2.40. The summed E-state index contributed by atoms with van der Waals surface area (Å²) in [5.74, 6) is 0.278. The van der Waals surface area contributed by atoms with E-state index in [0.717, 1.165) is 12.8 Å². The highest BCUT2D eigenvalue weighted by Crippen LogP contribution is 2.50. The number of halogens is 1. The maximum absolute atomic E-state index is 11.9. The third kappa shape index (κ3) is 1.88. The second-order valence-corrected chi connectivity index (χ2v) is 6.77. The third-order valence-corrected chi connectivity index (χ3v) is 5.11. The summed E-state index contributed by atoms with van der Waals surface area (Å²) in [5, 5.41) is 0. The molecule has 0 amide bonds. The molecular weight excluding hydrogens is 319 g/mol. The van der Waals surface area contributed by atoms with Gasteiger partial charge in [-0.2, -0.15) is 0 Å². The number of alkyl halides is 1. The first kappa shape index (κ1) is 12.6. The fourth-order valence-electron chi connectivity index (χ4n) is 3.23. The Bertz CT molecular complexity index is 279. The topological polar surface area (TPSA) is 35.5 Å². The highest BCUT2D eigenvalue weighted by Gasteiger charge is 2.58. The van der Waals surface area contributed by atoms with Crippen molar-refractivity contribution < 1.29 is 14.3 Å². The highest BCUT2D eigenvalue weighted by atomic mass is 127. The van der Waals surface area contributed by atoms with Gasteiger partial charge in [0.1, 0.15) is 5.60 Å². The van der Waals surface area contributed by atoms with Gasteiger partial charge in [0.15, 0.2) is 0 Å². The number of hydrogen-bond donors (Lipinski definition) is 0. The van der Waals surface area contributed by atoms with Crippen LogP contribution in [0.5, 0.6) is 0 Å². The van der Waals surface area contributed by atoms with E-state index in [0.29, 0.717) is 16.4 Å². The SMILES string of the molecule is COCC1C(=O)OC2(C(C)I)CCCCC12. The maximum atomic E-state index is 11.9. The average Bonchev–Trinajstić information content (AvgIpc) is 2.54. The fraction of sp³-hybridized carbons (Fsp3) is 0.917. The summed E-state index contributed by atoms with van der Waals surface area (Å²) in [6, 6.07) is 0. The van der Waals surface area contributed by atoms with Gasteiger partial charge in [0, 0.05) is 17.0 Å². The summed E-state index contributed by atoms with van der Waals surface area (Å²) < 4.78 is 11.3. The highest BCUT2D eigenvalue weighted by molar-refractivity contribution is 14.1. The quantitative estimate of drug-likeness (QED) is 0.451. The molecule has 4 heteroatoms. The first-order valence-corrected chi connectivity index (χ1v) is 7.22. The van der Waals surface area contributed by atoms with Crippen molar-refractivity contribution in [1.82, 2.24) is 0 Å². The van der Waals surface area contributed by atoms with Crippen molar-refractivity contribution in [3.05, 3.63) is 0 Å². The molecule has 0 aromatic heterocycles. The second kappa shape index (κ2) is 4.80. The standard InChI is InChI=1S/C12H19IO3/c1-8(13)12-6-4-3-5-10(12)9(7-15-2)11(14)16-12/h8-10H,3-7H2,1-2H3. The molecule has 3 nitrogen and oxygen atoms in total. The first-order chi connectivity index (χ1) is 7.62. The van der Waals surface area contributed by atoms with Crippen molar-refractivity contribution in [3.8, 4) is 0 Å². The Morgan fingerprint density at radius 3 is 3.00 bits per heavy atom. The van der Waals surface area contributed by atoms with Gasteiger partial charge in [0.2, 0.25) is 0 Å². The zero-order chi connectivity index (χ0) is 11.8. The van der Waals surface area contributed by atoms with Crippen LogP contribution in [0.25, 0.3) is 0 Å². The number of hydrogen-bond acceptors (Lipinski definition) is 3. The fourth-order valence-corrected chi connectivity index (χ4v) is 4.13. The van der Waals surface area contributed by atoms with E-state index >= 15 is 0 Å². The number of methoxy groups -OCH3 is 1. The lowest BCUT2D eigenvalue weighted by Crippen LogP contribution is -2.46. The zero-order valence-corrected chi connectivity index (χ0v) is 12.0. The van der Waals surface area contributed by atoms with Crippen LogP contribution in [0.1, 0.15) is 32.6 Å². The van der Waals surface area contributed by atoms with Gasteiger partial charge < -0.3 is 9.47 Å². The van der Waals surface area contributed by atoms with Gasteiger partial charge in [-0.05, 0) is 26.2 Å². The summed E-state index contributed by atoms with van der Waals surface area (Å²) in [5.41, 5.74) is -0.209. The monoisotopic (exact) mass is 338 g/mol. The molecule has 2 rings (SSSR count). The van der Waals surface area contributed by atoms with Crippen molar-refractivity contribution in [2.45, 2.75) is 42.1 Å². The molecule has 1 heterocycles. The number of fused-ring (bicyclic) bond motifs is 1. The number of rotatable bonds is 3. The van der Waals surface area contributed by atoms with Gasteiger partial charge in [0.25, 0.3) is 0 Å². The zero-order valence-electron chi connectivity index (χ0n) is 9.87. The summed E-state index contributed by atoms with van der Waals surface area (Å²) in [6.45, 7) is 2.66. The Labute approximate surface area is 110 Å². The van der Waals surface area contributed by atoms with Crippen molar-refractivity contribution >= 4 is 28.6 Å². The lowest BCUT2D eigenvalue weighted by molar-refractivity contribution is -0.152.